The molecule has 1 N–H and O–H groups in total. The molecule has 38 heavy (non-hydrogen) atoms. The molecule has 2 heterocycles. The number of anilines is 1. The lowest BCUT2D eigenvalue weighted by Gasteiger charge is -2.23. The minimum atomic E-state index is -0.838. The normalized spacial score (nSPS) is 16.8. The SMILES string of the molecule is CCCOc1ccc(C(O)=C2C(=O)C(=O)N(c3nc4ccc(OCC)cc4s3)C2c2ccc(I)cc2)cc1. The highest BCUT2D eigenvalue weighted by Crippen LogP contribution is 2.44. The summed E-state index contributed by atoms with van der Waals surface area (Å²) in [5, 5.41) is 11.7. The van der Waals surface area contributed by atoms with Crippen molar-refractivity contribution in [1.29, 1.82) is 0 Å². The van der Waals surface area contributed by atoms with Crippen molar-refractivity contribution in [3.8, 4) is 11.5 Å². The standard InChI is InChI=1S/C29H25IN2O5S/c1-3-15-37-20-11-7-18(8-12-20)26(33)24-25(17-5-9-19(30)10-6-17)32(28(35)27(24)34)29-31-22-14-13-21(36-4-2)16-23(22)38-29/h5-14,16,25,33H,3-4,15H2,1-2H3. The van der Waals surface area contributed by atoms with Crippen LogP contribution in [0.3, 0.4) is 0 Å². The molecule has 5 rings (SSSR count). The van der Waals surface area contributed by atoms with E-state index in [2.05, 4.69) is 27.6 Å². The van der Waals surface area contributed by atoms with E-state index in [0.29, 0.717) is 46.5 Å². The minimum absolute atomic E-state index is 0.0210. The van der Waals surface area contributed by atoms with Crippen molar-refractivity contribution < 1.29 is 24.2 Å². The van der Waals surface area contributed by atoms with E-state index in [1.54, 1.807) is 24.3 Å². The number of ketones is 1. The van der Waals surface area contributed by atoms with Crippen LogP contribution in [0.25, 0.3) is 16.0 Å². The number of nitrogens with zero attached hydrogens (tertiary/aromatic N) is 2. The van der Waals surface area contributed by atoms with Gasteiger partial charge in [0.1, 0.15) is 17.3 Å². The fourth-order valence-corrected chi connectivity index (χ4v) is 5.71. The number of benzene rings is 3. The smallest absolute Gasteiger partial charge is 0.301 e. The molecule has 1 unspecified atom stereocenters. The molecule has 1 aliphatic heterocycles. The molecule has 3 aromatic carbocycles. The van der Waals surface area contributed by atoms with Gasteiger partial charge in [0.25, 0.3) is 5.78 Å². The van der Waals surface area contributed by atoms with Gasteiger partial charge in [0, 0.05) is 9.13 Å². The number of rotatable bonds is 8. The van der Waals surface area contributed by atoms with Crippen molar-refractivity contribution >= 4 is 66.7 Å². The van der Waals surface area contributed by atoms with Crippen LogP contribution in [0.15, 0.2) is 72.3 Å². The average molecular weight is 640 g/mol. The topological polar surface area (TPSA) is 89.0 Å². The second-order valence-electron chi connectivity index (χ2n) is 8.65. The third-order valence-electron chi connectivity index (χ3n) is 6.10. The maximum atomic E-state index is 13.5. The van der Waals surface area contributed by atoms with E-state index in [4.69, 9.17) is 9.47 Å². The predicted octanol–water partition coefficient (Wildman–Crippen LogP) is 6.71. The number of aromatic nitrogens is 1. The highest BCUT2D eigenvalue weighted by atomic mass is 127. The van der Waals surface area contributed by atoms with Crippen LogP contribution in [0.2, 0.25) is 0 Å². The second-order valence-corrected chi connectivity index (χ2v) is 10.9. The summed E-state index contributed by atoms with van der Waals surface area (Å²) in [6, 6.07) is 19.1. The number of aliphatic hydroxyl groups is 1. The Balaban J connectivity index is 1.62. The summed E-state index contributed by atoms with van der Waals surface area (Å²) in [7, 11) is 0. The highest BCUT2D eigenvalue weighted by Gasteiger charge is 2.48. The summed E-state index contributed by atoms with van der Waals surface area (Å²) in [6.45, 7) is 5.05. The van der Waals surface area contributed by atoms with Gasteiger partial charge >= 0.3 is 5.91 Å². The fraction of sp³-hybridized carbons (Fsp3) is 0.207. The van der Waals surface area contributed by atoms with Crippen molar-refractivity contribution in [2.24, 2.45) is 0 Å². The Hall–Kier alpha value is -3.44. The first-order valence-electron chi connectivity index (χ1n) is 12.2. The molecule has 194 valence electrons. The maximum Gasteiger partial charge on any atom is 0.301 e. The molecule has 9 heteroatoms. The summed E-state index contributed by atoms with van der Waals surface area (Å²) in [4.78, 5) is 33.0. The van der Waals surface area contributed by atoms with Crippen molar-refractivity contribution in [3.05, 3.63) is 87.0 Å². The molecule has 0 aliphatic carbocycles. The first-order chi connectivity index (χ1) is 18.4. The van der Waals surface area contributed by atoms with Crippen molar-refractivity contribution in [3.63, 3.8) is 0 Å². The van der Waals surface area contributed by atoms with Gasteiger partial charge in [0.15, 0.2) is 5.13 Å². The molecule has 1 aromatic heterocycles. The van der Waals surface area contributed by atoms with Crippen molar-refractivity contribution in [2.75, 3.05) is 18.1 Å². The van der Waals surface area contributed by atoms with E-state index in [-0.39, 0.29) is 11.3 Å². The molecule has 0 spiro atoms. The molecule has 1 atom stereocenters. The first-order valence-corrected chi connectivity index (χ1v) is 14.1. The van der Waals surface area contributed by atoms with Crippen LogP contribution in [-0.4, -0.2) is 35.0 Å². The zero-order valence-electron chi connectivity index (χ0n) is 20.8. The molecular weight excluding hydrogens is 615 g/mol. The molecule has 0 saturated carbocycles. The van der Waals surface area contributed by atoms with Crippen LogP contribution in [0.4, 0.5) is 5.13 Å². The Morgan fingerprint density at radius 3 is 2.39 bits per heavy atom. The highest BCUT2D eigenvalue weighted by molar-refractivity contribution is 14.1. The Labute approximate surface area is 237 Å². The van der Waals surface area contributed by atoms with Gasteiger partial charge in [-0.05, 0) is 96.1 Å². The lowest BCUT2D eigenvalue weighted by Crippen LogP contribution is -2.29. The van der Waals surface area contributed by atoms with Gasteiger partial charge in [-0.3, -0.25) is 14.5 Å². The number of amides is 1. The van der Waals surface area contributed by atoms with Gasteiger partial charge in [0.05, 0.1) is 35.0 Å². The number of halogens is 1. The number of fused-ring (bicyclic) bond motifs is 1. The van der Waals surface area contributed by atoms with Gasteiger partial charge in [0.2, 0.25) is 0 Å². The number of aliphatic hydroxyl groups excluding tert-OH is 1. The Morgan fingerprint density at radius 1 is 1.00 bits per heavy atom. The van der Waals surface area contributed by atoms with Gasteiger partial charge < -0.3 is 14.6 Å². The summed E-state index contributed by atoms with van der Waals surface area (Å²) in [6.07, 6.45) is 0.875. The summed E-state index contributed by atoms with van der Waals surface area (Å²) in [5.74, 6) is -0.360. The lowest BCUT2D eigenvalue weighted by molar-refractivity contribution is -0.132. The number of thiazole rings is 1. The number of carbonyl (C=O) groups is 2. The zero-order valence-corrected chi connectivity index (χ0v) is 23.8. The molecule has 1 amide bonds. The fourth-order valence-electron chi connectivity index (χ4n) is 4.33. The van der Waals surface area contributed by atoms with E-state index in [1.807, 2.05) is 56.3 Å². The molecule has 1 saturated heterocycles. The van der Waals surface area contributed by atoms with Gasteiger partial charge in [-0.25, -0.2) is 4.98 Å². The average Bonchev–Trinajstić information content (AvgIpc) is 3.45. The Morgan fingerprint density at radius 2 is 1.71 bits per heavy atom. The number of hydrogen-bond donors (Lipinski definition) is 1. The Kier molecular flexibility index (Phi) is 7.66. The molecule has 4 aromatic rings. The van der Waals surface area contributed by atoms with Crippen molar-refractivity contribution in [2.45, 2.75) is 26.3 Å². The zero-order chi connectivity index (χ0) is 26.8. The summed E-state index contributed by atoms with van der Waals surface area (Å²) < 4.78 is 13.1. The summed E-state index contributed by atoms with van der Waals surface area (Å²) >= 11 is 3.50. The van der Waals surface area contributed by atoms with E-state index in [9.17, 15) is 14.7 Å². The van der Waals surface area contributed by atoms with Crippen LogP contribution in [0, 0.1) is 3.57 Å². The number of carbonyl (C=O) groups excluding carboxylic acids is 2. The molecular formula is C29H25IN2O5S. The summed E-state index contributed by atoms with van der Waals surface area (Å²) in [5.41, 5.74) is 1.84. The molecule has 1 fully saturated rings. The van der Waals surface area contributed by atoms with Gasteiger partial charge in [-0.1, -0.05) is 30.4 Å². The monoisotopic (exact) mass is 640 g/mol. The lowest BCUT2D eigenvalue weighted by atomic mass is 9.95. The van der Waals surface area contributed by atoms with E-state index < -0.39 is 17.7 Å². The third kappa shape index (κ3) is 5.00. The quantitative estimate of drug-likeness (QED) is 0.0997. The van der Waals surface area contributed by atoms with E-state index in [0.717, 1.165) is 14.7 Å². The number of Topliss-reactive ketones (excluding diaryl/α,β-unsaturated/α-hetero) is 1. The second kappa shape index (κ2) is 11.1. The molecule has 0 bridgehead atoms. The van der Waals surface area contributed by atoms with E-state index >= 15 is 0 Å². The van der Waals surface area contributed by atoms with Crippen molar-refractivity contribution in [1.82, 2.24) is 4.98 Å². The largest absolute Gasteiger partial charge is 0.507 e. The van der Waals surface area contributed by atoms with Gasteiger partial charge in [-0.15, -0.1) is 0 Å². The number of ether oxygens (including phenoxy) is 2. The molecule has 7 nitrogen and oxygen atoms in total. The number of hydrogen-bond acceptors (Lipinski definition) is 7. The predicted molar refractivity (Wildman–Crippen MR) is 157 cm³/mol. The first kappa shape index (κ1) is 26.2. The maximum absolute atomic E-state index is 13.5. The van der Waals surface area contributed by atoms with Crippen LogP contribution >= 0.6 is 33.9 Å². The van der Waals surface area contributed by atoms with E-state index in [1.165, 1.54) is 16.2 Å². The van der Waals surface area contributed by atoms with Gasteiger partial charge in [-0.2, -0.15) is 0 Å². The van der Waals surface area contributed by atoms with Crippen LogP contribution in [-0.2, 0) is 9.59 Å². The molecule has 0 radical (unpaired) electrons. The third-order valence-corrected chi connectivity index (χ3v) is 7.83. The molecule has 1 aliphatic rings. The van der Waals surface area contributed by atoms with Crippen LogP contribution in [0.5, 0.6) is 11.5 Å². The minimum Gasteiger partial charge on any atom is -0.507 e. The van der Waals surface area contributed by atoms with Crippen LogP contribution < -0.4 is 14.4 Å². The van der Waals surface area contributed by atoms with Crippen LogP contribution in [0.1, 0.15) is 37.4 Å². The Bertz CT molecular complexity index is 1530.